The standard InChI is InChI=1S/C19H31N3O2S2.HI/c1-3-24-10-4-9-20-19(22-14-18-15-25-11-12-26-18)21-13-16-5-7-17(23-2)8-6-16;/h5-8,18H,3-4,9-15H2,1-2H3,(H2,20,21,22);1H. The molecule has 1 aliphatic rings. The zero-order chi connectivity index (χ0) is 18.5. The average molecular weight is 526 g/mol. The number of nitrogens with zero attached hydrogens (tertiary/aromatic N) is 1. The third kappa shape index (κ3) is 10.7. The summed E-state index contributed by atoms with van der Waals surface area (Å²) in [5.74, 6) is 5.49. The predicted octanol–water partition coefficient (Wildman–Crippen LogP) is 3.62. The molecular weight excluding hydrogens is 493 g/mol. The van der Waals surface area contributed by atoms with E-state index >= 15 is 0 Å². The van der Waals surface area contributed by atoms with E-state index in [1.807, 2.05) is 30.8 Å². The number of aliphatic imine (C=N–C) groups is 1. The van der Waals surface area contributed by atoms with Gasteiger partial charge in [0.05, 0.1) is 13.7 Å². The Balaban J connectivity index is 0.00000364. The van der Waals surface area contributed by atoms with Crippen LogP contribution in [0.2, 0.25) is 0 Å². The minimum Gasteiger partial charge on any atom is -0.497 e. The molecule has 2 N–H and O–H groups in total. The molecule has 8 heteroatoms. The van der Waals surface area contributed by atoms with Crippen LogP contribution in [0.1, 0.15) is 18.9 Å². The van der Waals surface area contributed by atoms with Crippen LogP contribution in [0.25, 0.3) is 0 Å². The minimum atomic E-state index is 0. The van der Waals surface area contributed by atoms with E-state index in [1.54, 1.807) is 7.11 Å². The van der Waals surface area contributed by atoms with E-state index in [4.69, 9.17) is 14.5 Å². The summed E-state index contributed by atoms with van der Waals surface area (Å²) < 4.78 is 10.6. The van der Waals surface area contributed by atoms with Crippen molar-refractivity contribution in [2.24, 2.45) is 4.99 Å². The highest BCUT2D eigenvalue weighted by Crippen LogP contribution is 2.23. The van der Waals surface area contributed by atoms with Crippen LogP contribution in [0.3, 0.4) is 0 Å². The molecule has 0 aliphatic carbocycles. The van der Waals surface area contributed by atoms with Gasteiger partial charge in [0.1, 0.15) is 5.75 Å². The van der Waals surface area contributed by atoms with E-state index in [0.717, 1.165) is 44.4 Å². The van der Waals surface area contributed by atoms with Gasteiger partial charge in [-0.2, -0.15) is 23.5 Å². The smallest absolute Gasteiger partial charge is 0.191 e. The second-order valence-corrected chi connectivity index (χ2v) is 8.50. The van der Waals surface area contributed by atoms with Gasteiger partial charge in [0.25, 0.3) is 0 Å². The van der Waals surface area contributed by atoms with Gasteiger partial charge in [-0.25, -0.2) is 4.99 Å². The third-order valence-electron chi connectivity index (χ3n) is 3.92. The van der Waals surface area contributed by atoms with E-state index in [1.165, 1.54) is 22.8 Å². The van der Waals surface area contributed by atoms with Crippen molar-refractivity contribution < 1.29 is 9.47 Å². The first kappa shape index (κ1) is 24.7. The van der Waals surface area contributed by atoms with Gasteiger partial charge in [-0.3, -0.25) is 0 Å². The second kappa shape index (κ2) is 15.6. The number of guanidine groups is 1. The summed E-state index contributed by atoms with van der Waals surface area (Å²) in [5.41, 5.74) is 1.17. The van der Waals surface area contributed by atoms with E-state index in [2.05, 4.69) is 34.5 Å². The Bertz CT molecular complexity index is 526. The first-order valence-corrected chi connectivity index (χ1v) is 11.4. The van der Waals surface area contributed by atoms with Gasteiger partial charge in [-0.15, -0.1) is 24.0 Å². The molecule has 0 radical (unpaired) electrons. The largest absolute Gasteiger partial charge is 0.497 e. The van der Waals surface area contributed by atoms with E-state index in [0.29, 0.717) is 11.8 Å². The molecule has 0 bridgehead atoms. The number of benzene rings is 1. The predicted molar refractivity (Wildman–Crippen MR) is 130 cm³/mol. The number of rotatable bonds is 10. The van der Waals surface area contributed by atoms with Crippen molar-refractivity contribution in [3.05, 3.63) is 29.8 Å². The molecule has 1 heterocycles. The van der Waals surface area contributed by atoms with Crippen LogP contribution >= 0.6 is 47.5 Å². The van der Waals surface area contributed by atoms with Gasteiger partial charge in [0.15, 0.2) is 5.96 Å². The van der Waals surface area contributed by atoms with Crippen molar-refractivity contribution in [3.8, 4) is 5.75 Å². The maximum atomic E-state index is 5.40. The quantitative estimate of drug-likeness (QED) is 0.211. The number of ether oxygens (including phenoxy) is 2. The molecule has 5 nitrogen and oxygen atoms in total. The first-order chi connectivity index (χ1) is 12.8. The summed E-state index contributed by atoms with van der Waals surface area (Å²) in [6.45, 7) is 6.05. The lowest BCUT2D eigenvalue weighted by Crippen LogP contribution is -2.42. The Hall–Kier alpha value is -0.320. The van der Waals surface area contributed by atoms with Crippen molar-refractivity contribution in [1.82, 2.24) is 10.6 Å². The Morgan fingerprint density at radius 2 is 2.04 bits per heavy atom. The molecule has 1 aromatic rings. The SMILES string of the molecule is CCOCCCNC(=NCc1ccc(OC)cc1)NCC1CSCCS1.I. The number of hydrogen-bond acceptors (Lipinski definition) is 5. The Morgan fingerprint density at radius 1 is 1.22 bits per heavy atom. The van der Waals surface area contributed by atoms with Gasteiger partial charge in [-0.1, -0.05) is 12.1 Å². The topological polar surface area (TPSA) is 54.9 Å². The lowest BCUT2D eigenvalue weighted by atomic mass is 10.2. The van der Waals surface area contributed by atoms with Crippen molar-refractivity contribution in [1.29, 1.82) is 0 Å². The van der Waals surface area contributed by atoms with Gasteiger partial charge in [0, 0.05) is 48.8 Å². The lowest BCUT2D eigenvalue weighted by Gasteiger charge is -2.22. The number of thioether (sulfide) groups is 2. The first-order valence-electron chi connectivity index (χ1n) is 9.24. The monoisotopic (exact) mass is 525 g/mol. The zero-order valence-electron chi connectivity index (χ0n) is 16.2. The highest BCUT2D eigenvalue weighted by atomic mass is 127. The molecular formula is C19H32IN3O2S2. The molecule has 0 spiro atoms. The Morgan fingerprint density at radius 3 is 2.70 bits per heavy atom. The lowest BCUT2D eigenvalue weighted by molar-refractivity contribution is 0.145. The van der Waals surface area contributed by atoms with Crippen LogP contribution in [-0.2, 0) is 11.3 Å². The number of nitrogens with one attached hydrogen (secondary N) is 2. The molecule has 1 fully saturated rings. The fourth-order valence-electron chi connectivity index (χ4n) is 2.47. The van der Waals surface area contributed by atoms with Gasteiger partial charge in [0.2, 0.25) is 0 Å². The van der Waals surface area contributed by atoms with E-state index < -0.39 is 0 Å². The zero-order valence-corrected chi connectivity index (χ0v) is 20.2. The van der Waals surface area contributed by atoms with Crippen molar-refractivity contribution in [2.75, 3.05) is 50.7 Å². The molecule has 27 heavy (non-hydrogen) atoms. The molecule has 0 aromatic heterocycles. The maximum absolute atomic E-state index is 5.40. The summed E-state index contributed by atoms with van der Waals surface area (Å²) in [5, 5.41) is 7.60. The number of hydrogen-bond donors (Lipinski definition) is 2. The summed E-state index contributed by atoms with van der Waals surface area (Å²) >= 11 is 4.10. The van der Waals surface area contributed by atoms with Crippen LogP contribution in [0, 0.1) is 0 Å². The summed E-state index contributed by atoms with van der Waals surface area (Å²) in [7, 11) is 1.68. The maximum Gasteiger partial charge on any atom is 0.191 e. The van der Waals surface area contributed by atoms with Gasteiger partial charge < -0.3 is 20.1 Å². The number of halogens is 1. The normalized spacial score (nSPS) is 17.1. The molecule has 0 saturated carbocycles. The van der Waals surface area contributed by atoms with E-state index in [9.17, 15) is 0 Å². The summed E-state index contributed by atoms with van der Waals surface area (Å²) in [6.07, 6.45) is 0.977. The highest BCUT2D eigenvalue weighted by molar-refractivity contribution is 14.0. The Kier molecular flexibility index (Phi) is 14.3. The van der Waals surface area contributed by atoms with Crippen molar-refractivity contribution in [3.63, 3.8) is 0 Å². The second-order valence-electron chi connectivity index (χ2n) is 5.94. The third-order valence-corrected chi connectivity index (χ3v) is 6.77. The molecule has 1 saturated heterocycles. The molecule has 154 valence electrons. The summed E-state index contributed by atoms with van der Waals surface area (Å²) in [6, 6.07) is 8.07. The number of methoxy groups -OCH3 is 1. The van der Waals surface area contributed by atoms with Crippen LogP contribution in [-0.4, -0.2) is 61.9 Å². The van der Waals surface area contributed by atoms with Crippen molar-refractivity contribution in [2.45, 2.75) is 25.1 Å². The van der Waals surface area contributed by atoms with Crippen LogP contribution < -0.4 is 15.4 Å². The minimum absolute atomic E-state index is 0. The van der Waals surface area contributed by atoms with E-state index in [-0.39, 0.29) is 24.0 Å². The highest BCUT2D eigenvalue weighted by Gasteiger charge is 2.14. The molecule has 2 rings (SSSR count). The fourth-order valence-corrected chi connectivity index (χ4v) is 5.08. The van der Waals surface area contributed by atoms with Crippen molar-refractivity contribution >= 4 is 53.5 Å². The molecule has 1 unspecified atom stereocenters. The molecule has 1 aliphatic heterocycles. The van der Waals surface area contributed by atoms with Gasteiger partial charge >= 0.3 is 0 Å². The summed E-state index contributed by atoms with van der Waals surface area (Å²) in [4.78, 5) is 4.75. The van der Waals surface area contributed by atoms with Gasteiger partial charge in [-0.05, 0) is 31.0 Å². The Labute approximate surface area is 189 Å². The van der Waals surface area contributed by atoms with Crippen LogP contribution in [0.15, 0.2) is 29.3 Å². The molecule has 0 amide bonds. The molecule has 1 aromatic carbocycles. The fraction of sp³-hybridized carbons (Fsp3) is 0.632. The average Bonchev–Trinajstić information content (AvgIpc) is 2.70. The van der Waals surface area contributed by atoms with Crippen LogP contribution in [0.4, 0.5) is 0 Å². The molecule has 1 atom stereocenters. The van der Waals surface area contributed by atoms with Crippen LogP contribution in [0.5, 0.6) is 5.75 Å².